The summed E-state index contributed by atoms with van der Waals surface area (Å²) in [6.07, 6.45) is 3.12. The zero-order chi connectivity index (χ0) is 31.9. The Labute approximate surface area is 297 Å². The van der Waals surface area contributed by atoms with Gasteiger partial charge in [-0.05, 0) is 0 Å². The summed E-state index contributed by atoms with van der Waals surface area (Å²) >= 11 is 1.86. The van der Waals surface area contributed by atoms with Crippen LogP contribution in [0.2, 0.25) is 15.8 Å². The molecule has 0 N–H and O–H groups in total. The van der Waals surface area contributed by atoms with E-state index in [1.54, 1.807) is 24.9 Å². The first-order chi connectivity index (χ1) is 23.1. The van der Waals surface area contributed by atoms with Crippen LogP contribution in [0.15, 0.2) is 145 Å². The van der Waals surface area contributed by atoms with Gasteiger partial charge in [0.05, 0.1) is 0 Å². The SMILES string of the molecule is C1CC[SiH2]C1.CC1=C(c2cccc3ccccc23)c2ccccc2C1[CH]([Sc])C1C(C)=C(c2cccc3ccccc23)c2ccccc21. The average molecular weight is 655 g/mol. The monoisotopic (exact) mass is 654 g/mol. The first-order valence-corrected chi connectivity index (χ1v) is 20.5. The van der Waals surface area contributed by atoms with Crippen LogP contribution < -0.4 is 0 Å². The Morgan fingerprint density at radius 1 is 0.489 bits per heavy atom. The van der Waals surface area contributed by atoms with Gasteiger partial charge in [-0.25, -0.2) is 0 Å². The molecule has 6 aromatic rings. The van der Waals surface area contributed by atoms with Gasteiger partial charge in [0.2, 0.25) is 0 Å². The van der Waals surface area contributed by atoms with Crippen LogP contribution in [-0.4, -0.2) is 9.52 Å². The summed E-state index contributed by atoms with van der Waals surface area (Å²) in [7, 11) is 0.543. The molecule has 0 nitrogen and oxygen atoms in total. The van der Waals surface area contributed by atoms with Gasteiger partial charge >= 0.3 is 264 Å². The molecule has 2 unspecified atom stereocenters. The third kappa shape index (κ3) is 5.38. The molecule has 0 radical (unpaired) electrons. The molecule has 1 aliphatic heterocycles. The van der Waals surface area contributed by atoms with Crippen molar-refractivity contribution in [2.24, 2.45) is 0 Å². The number of hydrogen-bond acceptors (Lipinski definition) is 0. The summed E-state index contributed by atoms with van der Waals surface area (Å²) in [5.41, 5.74) is 14.4. The zero-order valence-corrected chi connectivity index (χ0v) is 30.8. The summed E-state index contributed by atoms with van der Waals surface area (Å²) in [5, 5.41) is 5.28. The number of benzene rings is 6. The molecule has 1 heterocycles. The second kappa shape index (κ2) is 13.1. The van der Waals surface area contributed by atoms with Gasteiger partial charge in [-0.1, -0.05) is 24.9 Å². The predicted octanol–water partition coefficient (Wildman–Crippen LogP) is 11.7. The van der Waals surface area contributed by atoms with Gasteiger partial charge in [-0.3, -0.25) is 0 Å². The summed E-state index contributed by atoms with van der Waals surface area (Å²) in [4.78, 5) is 0. The van der Waals surface area contributed by atoms with E-state index in [0.717, 1.165) is 0 Å². The van der Waals surface area contributed by atoms with Crippen molar-refractivity contribution in [3.05, 3.63) is 178 Å². The maximum absolute atomic E-state index is 2.40. The topological polar surface area (TPSA) is 0 Å². The average Bonchev–Trinajstić information content (AvgIpc) is 3.85. The summed E-state index contributed by atoms with van der Waals surface area (Å²) in [6.45, 7) is 4.81. The van der Waals surface area contributed by atoms with E-state index in [0.29, 0.717) is 25.0 Å². The van der Waals surface area contributed by atoms with Gasteiger partial charge in [0, 0.05) is 9.52 Å². The third-order valence-electron chi connectivity index (χ3n) is 11.0. The fourth-order valence-corrected chi connectivity index (χ4v) is 12.2. The Morgan fingerprint density at radius 2 is 0.872 bits per heavy atom. The molecule has 0 aromatic heterocycles. The molecule has 1 fully saturated rings. The zero-order valence-electron chi connectivity index (χ0n) is 27.5. The molecule has 1 saturated heterocycles. The second-order valence-corrected chi connectivity index (χ2v) is 17.0. The molecule has 2 heteroatoms. The summed E-state index contributed by atoms with van der Waals surface area (Å²) in [5.74, 6) is 0.741. The van der Waals surface area contributed by atoms with Crippen LogP contribution in [0.5, 0.6) is 0 Å². The molecular weight excluding hydrogens is 614 g/mol. The molecule has 9 rings (SSSR count). The van der Waals surface area contributed by atoms with Crippen molar-refractivity contribution >= 4 is 42.2 Å². The van der Waals surface area contributed by atoms with Crippen LogP contribution in [0.3, 0.4) is 0 Å². The molecular formula is C45H41ScSi. The predicted molar refractivity (Wildman–Crippen MR) is 201 cm³/mol. The Kier molecular flexibility index (Phi) is 8.58. The first kappa shape index (κ1) is 30.7. The fraction of sp³-hybridized carbons (Fsp3) is 0.200. The standard InChI is InChI=1S/C41H31.C4H10Si.Sc/c1-26-38(32-19-7-9-21-36(32)40(26)34-23-11-15-28-13-3-5-17-30(28)34)25-39-27(2)41(37-22-10-8-20-33(37)39)35-24-12-16-29-14-4-6-18-31(29)35;1-2-4-5-3-1;/h3-25,38-39H,1-2H3;1-5H2;. The van der Waals surface area contributed by atoms with Crippen LogP contribution in [0, 0.1) is 0 Å². The van der Waals surface area contributed by atoms with Crippen LogP contribution in [0.1, 0.15) is 71.9 Å². The number of rotatable bonds is 4. The number of hydrogen-bond donors (Lipinski definition) is 0. The first-order valence-electron chi connectivity index (χ1n) is 17.5. The Bertz CT molecular complexity index is 2010. The molecule has 2 aliphatic carbocycles. The number of fused-ring (bicyclic) bond motifs is 4. The van der Waals surface area contributed by atoms with Crippen molar-refractivity contribution < 1.29 is 24.4 Å². The van der Waals surface area contributed by atoms with Gasteiger partial charge in [0.1, 0.15) is 0 Å². The second-order valence-electron chi connectivity index (χ2n) is 13.6. The third-order valence-corrected chi connectivity index (χ3v) is 14.2. The van der Waals surface area contributed by atoms with Crippen molar-refractivity contribution in [2.45, 2.75) is 54.3 Å². The van der Waals surface area contributed by atoms with Crippen LogP contribution in [0.4, 0.5) is 0 Å². The van der Waals surface area contributed by atoms with Gasteiger partial charge in [0.15, 0.2) is 0 Å². The van der Waals surface area contributed by atoms with E-state index >= 15 is 0 Å². The Balaban J connectivity index is 0.000000595. The van der Waals surface area contributed by atoms with Crippen molar-refractivity contribution in [3.8, 4) is 0 Å². The number of allylic oxidation sites excluding steroid dienone is 2. The molecule has 2 atom stereocenters. The molecule has 0 amide bonds. The maximum atomic E-state index is 2.40. The fourth-order valence-electron chi connectivity index (χ4n) is 8.86. The van der Waals surface area contributed by atoms with Crippen LogP contribution in [-0.2, 0) is 24.4 Å². The van der Waals surface area contributed by atoms with E-state index < -0.39 is 0 Å². The molecule has 6 aromatic carbocycles. The van der Waals surface area contributed by atoms with Crippen LogP contribution in [0.25, 0.3) is 32.7 Å². The van der Waals surface area contributed by atoms with Crippen molar-refractivity contribution in [1.29, 1.82) is 0 Å². The van der Waals surface area contributed by atoms with Gasteiger partial charge in [-0.15, -0.1) is 0 Å². The van der Waals surface area contributed by atoms with Gasteiger partial charge in [-0.2, -0.15) is 0 Å². The molecule has 47 heavy (non-hydrogen) atoms. The van der Waals surface area contributed by atoms with Crippen molar-refractivity contribution in [1.82, 2.24) is 0 Å². The molecule has 0 saturated carbocycles. The van der Waals surface area contributed by atoms with E-state index in [1.807, 2.05) is 24.4 Å². The molecule has 0 bridgehead atoms. The van der Waals surface area contributed by atoms with Crippen molar-refractivity contribution in [2.75, 3.05) is 0 Å². The van der Waals surface area contributed by atoms with Gasteiger partial charge in [0.25, 0.3) is 0 Å². The summed E-state index contributed by atoms with van der Waals surface area (Å²) < 4.78 is 0.458. The summed E-state index contributed by atoms with van der Waals surface area (Å²) in [6, 6.07) is 52.9. The normalized spacial score (nSPS) is 19.1. The van der Waals surface area contributed by atoms with Gasteiger partial charge < -0.3 is 0 Å². The van der Waals surface area contributed by atoms with E-state index in [9.17, 15) is 0 Å². The molecule has 3 aliphatic rings. The van der Waals surface area contributed by atoms with E-state index in [1.165, 1.54) is 77.2 Å². The Hall–Kier alpha value is -3.59. The quantitative estimate of drug-likeness (QED) is 0.166. The van der Waals surface area contributed by atoms with E-state index in [2.05, 4.69) is 147 Å². The van der Waals surface area contributed by atoms with Crippen molar-refractivity contribution in [3.63, 3.8) is 0 Å². The minimum absolute atomic E-state index is 0.370. The van der Waals surface area contributed by atoms with E-state index in [4.69, 9.17) is 0 Å². The molecule has 228 valence electrons. The van der Waals surface area contributed by atoms with Crippen LogP contribution >= 0.6 is 0 Å². The van der Waals surface area contributed by atoms with E-state index in [-0.39, 0.29) is 0 Å². The molecule has 0 spiro atoms. The minimum atomic E-state index is 0.370. The Morgan fingerprint density at radius 3 is 1.32 bits per heavy atom.